The zero-order valence-electron chi connectivity index (χ0n) is 18.5. The summed E-state index contributed by atoms with van der Waals surface area (Å²) < 4.78 is 6.02. The van der Waals surface area contributed by atoms with Crippen molar-refractivity contribution in [2.75, 3.05) is 18.4 Å². The van der Waals surface area contributed by atoms with Gasteiger partial charge in [0.05, 0.1) is 0 Å². The van der Waals surface area contributed by atoms with Gasteiger partial charge < -0.3 is 15.0 Å². The van der Waals surface area contributed by atoms with Gasteiger partial charge in [0.2, 0.25) is 11.8 Å². The van der Waals surface area contributed by atoms with Crippen molar-refractivity contribution in [2.45, 2.75) is 18.8 Å². The summed E-state index contributed by atoms with van der Waals surface area (Å²) in [4.78, 5) is 32.6. The molecule has 1 N–H and O–H groups in total. The standard InChI is InChI=1S/C26H24N6O2/c33-25(19-7-4-9-21(17-19)31-26-29-12-6-13-30-26)32-16-5-8-20(18-32)23-24(28-15-14-27-23)34-22-10-2-1-3-11-22/h1-4,6-7,9-15,17,20H,5,8,16,18H2,(H,29,30,31)/t20-/m0/s1. The maximum Gasteiger partial charge on any atom is 0.253 e. The number of carbonyl (C=O) groups is 1. The van der Waals surface area contributed by atoms with E-state index in [1.807, 2.05) is 59.5 Å². The molecule has 0 saturated carbocycles. The Morgan fingerprint density at radius 2 is 1.74 bits per heavy atom. The number of likely N-dealkylation sites (tertiary alicyclic amines) is 1. The van der Waals surface area contributed by atoms with E-state index in [9.17, 15) is 4.79 Å². The number of amides is 1. The van der Waals surface area contributed by atoms with Crippen LogP contribution in [0.5, 0.6) is 11.6 Å². The van der Waals surface area contributed by atoms with E-state index in [4.69, 9.17) is 4.74 Å². The summed E-state index contributed by atoms with van der Waals surface area (Å²) in [6.45, 7) is 1.26. The number of ether oxygens (including phenoxy) is 1. The van der Waals surface area contributed by atoms with Gasteiger partial charge in [-0.3, -0.25) is 9.78 Å². The first-order valence-corrected chi connectivity index (χ1v) is 11.2. The van der Waals surface area contributed by atoms with Crippen LogP contribution in [-0.2, 0) is 0 Å². The molecule has 1 aliphatic rings. The van der Waals surface area contributed by atoms with E-state index in [0.29, 0.717) is 36.2 Å². The number of aromatic nitrogens is 4. The molecule has 0 unspecified atom stereocenters. The lowest BCUT2D eigenvalue weighted by molar-refractivity contribution is 0.0705. The van der Waals surface area contributed by atoms with Crippen LogP contribution in [0.4, 0.5) is 11.6 Å². The first-order chi connectivity index (χ1) is 16.8. The van der Waals surface area contributed by atoms with E-state index >= 15 is 0 Å². The van der Waals surface area contributed by atoms with Crippen molar-refractivity contribution in [3.05, 3.63) is 96.7 Å². The van der Waals surface area contributed by atoms with Crippen molar-refractivity contribution < 1.29 is 9.53 Å². The molecule has 1 amide bonds. The summed E-state index contributed by atoms with van der Waals surface area (Å²) in [6, 6.07) is 18.7. The van der Waals surface area contributed by atoms with Crippen LogP contribution < -0.4 is 10.1 Å². The number of hydrogen-bond donors (Lipinski definition) is 1. The molecule has 8 heteroatoms. The number of hydrogen-bond acceptors (Lipinski definition) is 7. The Kier molecular flexibility index (Phi) is 6.38. The largest absolute Gasteiger partial charge is 0.437 e. The van der Waals surface area contributed by atoms with Crippen molar-refractivity contribution in [1.29, 1.82) is 0 Å². The van der Waals surface area contributed by atoms with Crippen LogP contribution in [0.25, 0.3) is 0 Å². The molecule has 1 saturated heterocycles. The molecule has 3 heterocycles. The molecule has 1 atom stereocenters. The Morgan fingerprint density at radius 3 is 2.59 bits per heavy atom. The van der Waals surface area contributed by atoms with Gasteiger partial charge in [0.25, 0.3) is 5.91 Å². The van der Waals surface area contributed by atoms with Gasteiger partial charge in [0.15, 0.2) is 0 Å². The molecule has 8 nitrogen and oxygen atoms in total. The van der Waals surface area contributed by atoms with Crippen molar-refractivity contribution in [2.24, 2.45) is 0 Å². The number of anilines is 2. The van der Waals surface area contributed by atoms with E-state index in [0.717, 1.165) is 24.2 Å². The first-order valence-electron chi connectivity index (χ1n) is 11.2. The highest BCUT2D eigenvalue weighted by atomic mass is 16.5. The van der Waals surface area contributed by atoms with E-state index in [1.54, 1.807) is 30.9 Å². The minimum absolute atomic E-state index is 0.0169. The molecule has 1 aliphatic heterocycles. The third-order valence-electron chi connectivity index (χ3n) is 5.68. The van der Waals surface area contributed by atoms with Gasteiger partial charge in [-0.1, -0.05) is 24.3 Å². The van der Waals surface area contributed by atoms with Crippen LogP contribution in [0, 0.1) is 0 Å². The van der Waals surface area contributed by atoms with Gasteiger partial charge in [-0.15, -0.1) is 0 Å². The van der Waals surface area contributed by atoms with E-state index < -0.39 is 0 Å². The van der Waals surface area contributed by atoms with Crippen LogP contribution in [-0.4, -0.2) is 43.8 Å². The Labute approximate surface area is 197 Å². The lowest BCUT2D eigenvalue weighted by Gasteiger charge is -2.33. The predicted octanol–water partition coefficient (Wildman–Crippen LogP) is 4.82. The molecular formula is C26H24N6O2. The van der Waals surface area contributed by atoms with Gasteiger partial charge in [-0.05, 0) is 49.2 Å². The number of nitrogens with one attached hydrogen (secondary N) is 1. The second-order valence-corrected chi connectivity index (χ2v) is 8.03. The average molecular weight is 453 g/mol. The molecular weight excluding hydrogens is 428 g/mol. The molecule has 0 bridgehead atoms. The second-order valence-electron chi connectivity index (χ2n) is 8.03. The topological polar surface area (TPSA) is 93.1 Å². The van der Waals surface area contributed by atoms with E-state index in [2.05, 4.69) is 25.3 Å². The summed E-state index contributed by atoms with van der Waals surface area (Å²) in [5.41, 5.74) is 2.15. The third kappa shape index (κ3) is 5.01. The number of piperidine rings is 1. The fourth-order valence-corrected chi connectivity index (χ4v) is 4.08. The van der Waals surface area contributed by atoms with Crippen LogP contribution in [0.1, 0.15) is 34.8 Å². The van der Waals surface area contributed by atoms with Crippen LogP contribution in [0.2, 0.25) is 0 Å². The Balaban J connectivity index is 1.32. The molecule has 0 radical (unpaired) electrons. The van der Waals surface area contributed by atoms with Crippen LogP contribution >= 0.6 is 0 Å². The molecule has 170 valence electrons. The van der Waals surface area contributed by atoms with Gasteiger partial charge >= 0.3 is 0 Å². The number of nitrogens with zero attached hydrogens (tertiary/aromatic N) is 5. The molecule has 5 rings (SSSR count). The van der Waals surface area contributed by atoms with Crippen molar-refractivity contribution in [3.63, 3.8) is 0 Å². The van der Waals surface area contributed by atoms with Crippen LogP contribution in [0.15, 0.2) is 85.5 Å². The van der Waals surface area contributed by atoms with Crippen molar-refractivity contribution in [1.82, 2.24) is 24.8 Å². The van der Waals surface area contributed by atoms with Crippen molar-refractivity contribution in [3.8, 4) is 11.6 Å². The van der Waals surface area contributed by atoms with Gasteiger partial charge in [0.1, 0.15) is 11.4 Å². The third-order valence-corrected chi connectivity index (χ3v) is 5.68. The molecule has 2 aromatic heterocycles. The Bertz CT molecular complexity index is 1250. The highest BCUT2D eigenvalue weighted by molar-refractivity contribution is 5.95. The quantitative estimate of drug-likeness (QED) is 0.448. The monoisotopic (exact) mass is 452 g/mol. The zero-order chi connectivity index (χ0) is 23.2. The lowest BCUT2D eigenvalue weighted by atomic mass is 9.94. The SMILES string of the molecule is O=C(c1cccc(Nc2ncccn2)c1)N1CCC[C@H](c2nccnc2Oc2ccccc2)C1. The fourth-order valence-electron chi connectivity index (χ4n) is 4.08. The van der Waals surface area contributed by atoms with Gasteiger partial charge in [-0.25, -0.2) is 15.0 Å². The normalized spacial score (nSPS) is 15.5. The second kappa shape index (κ2) is 10.1. The molecule has 2 aromatic carbocycles. The molecule has 4 aromatic rings. The fraction of sp³-hybridized carbons (Fsp3) is 0.192. The lowest BCUT2D eigenvalue weighted by Crippen LogP contribution is -2.39. The summed E-state index contributed by atoms with van der Waals surface area (Å²) in [7, 11) is 0. The smallest absolute Gasteiger partial charge is 0.253 e. The molecule has 34 heavy (non-hydrogen) atoms. The number of benzene rings is 2. The Hall–Kier alpha value is -4.33. The van der Waals surface area contributed by atoms with Gasteiger partial charge in [-0.2, -0.15) is 0 Å². The summed E-state index contributed by atoms with van der Waals surface area (Å²) >= 11 is 0. The minimum Gasteiger partial charge on any atom is -0.437 e. The van der Waals surface area contributed by atoms with E-state index in [-0.39, 0.29) is 11.8 Å². The average Bonchev–Trinajstić information content (AvgIpc) is 2.90. The Morgan fingerprint density at radius 1 is 0.912 bits per heavy atom. The number of carbonyl (C=O) groups excluding carboxylic acids is 1. The summed E-state index contributed by atoms with van der Waals surface area (Å²) in [5, 5.41) is 3.14. The maximum atomic E-state index is 13.4. The molecule has 1 fully saturated rings. The predicted molar refractivity (Wildman–Crippen MR) is 128 cm³/mol. The molecule has 0 aliphatic carbocycles. The molecule has 0 spiro atoms. The van der Waals surface area contributed by atoms with Crippen molar-refractivity contribution >= 4 is 17.5 Å². The minimum atomic E-state index is -0.0169. The highest BCUT2D eigenvalue weighted by Crippen LogP contribution is 2.33. The van der Waals surface area contributed by atoms with Gasteiger partial charge in [0, 0.05) is 55.0 Å². The first kappa shape index (κ1) is 21.5. The maximum absolute atomic E-state index is 13.4. The zero-order valence-corrected chi connectivity index (χ0v) is 18.5. The summed E-state index contributed by atoms with van der Waals surface area (Å²) in [5.74, 6) is 1.71. The van der Waals surface area contributed by atoms with E-state index in [1.165, 1.54) is 0 Å². The summed E-state index contributed by atoms with van der Waals surface area (Å²) in [6.07, 6.45) is 8.44. The van der Waals surface area contributed by atoms with Crippen LogP contribution in [0.3, 0.4) is 0 Å². The number of para-hydroxylation sites is 1. The highest BCUT2D eigenvalue weighted by Gasteiger charge is 2.29. The number of rotatable bonds is 6.